The van der Waals surface area contributed by atoms with Crippen LogP contribution in [0.25, 0.3) is 0 Å². The van der Waals surface area contributed by atoms with Crippen molar-refractivity contribution in [2.45, 2.75) is 19.8 Å². The van der Waals surface area contributed by atoms with Gasteiger partial charge in [0.05, 0.1) is 18.1 Å². The van der Waals surface area contributed by atoms with Crippen molar-refractivity contribution in [3.8, 4) is 5.75 Å². The largest absolute Gasteiger partial charge is 0.462 e. The molecule has 2 heterocycles. The number of fused-ring (bicyclic) bond motifs is 1. The molecule has 0 bridgehead atoms. The van der Waals surface area contributed by atoms with Crippen molar-refractivity contribution in [2.24, 2.45) is 5.73 Å². The summed E-state index contributed by atoms with van der Waals surface area (Å²) in [6.07, 6.45) is 0. The Morgan fingerprint density at radius 3 is 2.68 bits per heavy atom. The van der Waals surface area contributed by atoms with Crippen LogP contribution in [-0.2, 0) is 9.53 Å². The summed E-state index contributed by atoms with van der Waals surface area (Å²) < 4.78 is 10.7. The van der Waals surface area contributed by atoms with Gasteiger partial charge in [-0.05, 0) is 31.5 Å². The summed E-state index contributed by atoms with van der Waals surface area (Å²) in [5.74, 6) is -1.07. The Labute approximate surface area is 149 Å². The van der Waals surface area contributed by atoms with E-state index < -0.39 is 11.9 Å². The van der Waals surface area contributed by atoms with Crippen LogP contribution < -0.4 is 16.0 Å². The van der Waals surface area contributed by atoms with Gasteiger partial charge in [-0.1, -0.05) is 23.7 Å². The molecule has 1 aliphatic rings. The number of nitrogens with two attached hydrogens (primary N) is 1. The number of H-pyrrole nitrogens is 1. The molecule has 7 heteroatoms. The Morgan fingerprint density at radius 2 is 2.04 bits per heavy atom. The molecule has 1 aliphatic heterocycles. The molecule has 1 aromatic heterocycles. The van der Waals surface area contributed by atoms with E-state index in [2.05, 4.69) is 4.98 Å². The molecule has 0 fully saturated rings. The molecule has 25 heavy (non-hydrogen) atoms. The Kier molecular flexibility index (Phi) is 4.55. The first-order valence-electron chi connectivity index (χ1n) is 7.76. The summed E-state index contributed by atoms with van der Waals surface area (Å²) in [6, 6.07) is 8.54. The maximum absolute atomic E-state index is 12.6. The molecule has 0 spiro atoms. The van der Waals surface area contributed by atoms with E-state index in [1.807, 2.05) is 0 Å². The molecule has 1 unspecified atom stereocenters. The number of hydrogen-bond acceptors (Lipinski definition) is 5. The zero-order valence-electron chi connectivity index (χ0n) is 13.8. The third-order valence-electron chi connectivity index (χ3n) is 3.93. The number of esters is 1. The summed E-state index contributed by atoms with van der Waals surface area (Å²) in [5.41, 5.74) is 7.39. The zero-order chi connectivity index (χ0) is 18.1. The fraction of sp³-hybridized carbons (Fsp3) is 0.222. The minimum absolute atomic E-state index is 0.0732. The number of carbonyl (C=O) groups excluding carboxylic acids is 1. The lowest BCUT2D eigenvalue weighted by Crippen LogP contribution is -2.32. The SMILES string of the molecule is CCOC(=O)C1=C(N)Oc2cc(C)[nH]c(=O)c2C1c1ccc(Cl)cc1. The first-order valence-corrected chi connectivity index (χ1v) is 8.14. The van der Waals surface area contributed by atoms with Crippen molar-refractivity contribution in [1.82, 2.24) is 4.98 Å². The summed E-state index contributed by atoms with van der Waals surface area (Å²) >= 11 is 5.96. The quantitative estimate of drug-likeness (QED) is 0.820. The number of aryl methyl sites for hydroxylation is 1. The molecule has 0 saturated heterocycles. The van der Waals surface area contributed by atoms with E-state index in [0.717, 1.165) is 0 Å². The average Bonchev–Trinajstić information content (AvgIpc) is 2.54. The Balaban J connectivity index is 2.26. The van der Waals surface area contributed by atoms with E-state index in [0.29, 0.717) is 27.6 Å². The molecule has 1 atom stereocenters. The minimum Gasteiger partial charge on any atom is -0.462 e. The minimum atomic E-state index is -0.704. The van der Waals surface area contributed by atoms with Crippen LogP contribution in [0.2, 0.25) is 5.02 Å². The number of aromatic nitrogens is 1. The molecule has 0 radical (unpaired) electrons. The lowest BCUT2D eigenvalue weighted by molar-refractivity contribution is -0.139. The van der Waals surface area contributed by atoms with Crippen LogP contribution in [0.4, 0.5) is 0 Å². The van der Waals surface area contributed by atoms with Gasteiger partial charge >= 0.3 is 5.97 Å². The Bertz CT molecular complexity index is 916. The number of halogens is 1. The molecule has 6 nitrogen and oxygen atoms in total. The fourth-order valence-corrected chi connectivity index (χ4v) is 3.03. The third-order valence-corrected chi connectivity index (χ3v) is 4.18. The van der Waals surface area contributed by atoms with Crippen molar-refractivity contribution >= 4 is 17.6 Å². The van der Waals surface area contributed by atoms with Gasteiger partial charge in [0, 0.05) is 16.8 Å². The number of aromatic amines is 1. The summed E-state index contributed by atoms with van der Waals surface area (Å²) in [6.45, 7) is 3.61. The molecule has 1 aromatic carbocycles. The molecule has 3 N–H and O–H groups in total. The second-order valence-corrected chi connectivity index (χ2v) is 6.08. The summed E-state index contributed by atoms with van der Waals surface area (Å²) in [5, 5.41) is 0.545. The maximum Gasteiger partial charge on any atom is 0.340 e. The summed E-state index contributed by atoms with van der Waals surface area (Å²) in [7, 11) is 0. The van der Waals surface area contributed by atoms with Gasteiger partial charge in [0.1, 0.15) is 11.3 Å². The molecule has 0 saturated carbocycles. The van der Waals surface area contributed by atoms with Crippen molar-refractivity contribution in [1.29, 1.82) is 0 Å². The normalized spacial score (nSPS) is 16.2. The van der Waals surface area contributed by atoms with E-state index >= 15 is 0 Å². The molecular formula is C18H17ClN2O4. The Morgan fingerprint density at radius 1 is 1.36 bits per heavy atom. The lowest BCUT2D eigenvalue weighted by Gasteiger charge is -2.27. The molecule has 0 amide bonds. The van der Waals surface area contributed by atoms with Crippen molar-refractivity contribution in [3.63, 3.8) is 0 Å². The van der Waals surface area contributed by atoms with Gasteiger partial charge in [0.15, 0.2) is 0 Å². The number of benzene rings is 1. The van der Waals surface area contributed by atoms with Crippen LogP contribution in [0, 0.1) is 6.92 Å². The van der Waals surface area contributed by atoms with Crippen LogP contribution in [0.15, 0.2) is 46.6 Å². The summed E-state index contributed by atoms with van der Waals surface area (Å²) in [4.78, 5) is 27.8. The van der Waals surface area contributed by atoms with Gasteiger partial charge in [-0.25, -0.2) is 4.79 Å². The number of carbonyl (C=O) groups is 1. The van der Waals surface area contributed by atoms with E-state index in [9.17, 15) is 9.59 Å². The van der Waals surface area contributed by atoms with Crippen molar-refractivity contribution in [2.75, 3.05) is 6.61 Å². The number of nitrogens with one attached hydrogen (secondary N) is 1. The van der Waals surface area contributed by atoms with Crippen LogP contribution in [0.3, 0.4) is 0 Å². The average molecular weight is 361 g/mol. The Hall–Kier alpha value is -2.73. The first-order chi connectivity index (χ1) is 11.9. The second kappa shape index (κ2) is 6.64. The number of pyridine rings is 1. The first kappa shape index (κ1) is 17.1. The van der Waals surface area contributed by atoms with Crippen molar-refractivity contribution in [3.05, 3.63) is 74.0 Å². The van der Waals surface area contributed by atoms with Gasteiger partial charge in [-0.2, -0.15) is 0 Å². The smallest absolute Gasteiger partial charge is 0.340 e. The van der Waals surface area contributed by atoms with E-state index in [1.165, 1.54) is 0 Å². The van der Waals surface area contributed by atoms with E-state index in [4.69, 9.17) is 26.8 Å². The van der Waals surface area contributed by atoms with Gasteiger partial charge in [-0.3, -0.25) is 4.79 Å². The van der Waals surface area contributed by atoms with Gasteiger partial charge in [0.25, 0.3) is 5.56 Å². The molecule has 2 aromatic rings. The predicted molar refractivity (Wildman–Crippen MR) is 93.6 cm³/mol. The monoisotopic (exact) mass is 360 g/mol. The highest BCUT2D eigenvalue weighted by atomic mass is 35.5. The number of ether oxygens (including phenoxy) is 2. The highest BCUT2D eigenvalue weighted by molar-refractivity contribution is 6.30. The van der Waals surface area contributed by atoms with E-state index in [1.54, 1.807) is 44.2 Å². The predicted octanol–water partition coefficient (Wildman–Crippen LogP) is 2.59. The van der Waals surface area contributed by atoms with Crippen LogP contribution in [-0.4, -0.2) is 17.6 Å². The van der Waals surface area contributed by atoms with Crippen molar-refractivity contribution < 1.29 is 14.3 Å². The van der Waals surface area contributed by atoms with Crippen LogP contribution in [0.5, 0.6) is 5.75 Å². The van der Waals surface area contributed by atoms with Crippen LogP contribution in [0.1, 0.15) is 29.7 Å². The highest BCUT2D eigenvalue weighted by Gasteiger charge is 2.37. The second-order valence-electron chi connectivity index (χ2n) is 5.64. The zero-order valence-corrected chi connectivity index (χ0v) is 14.5. The topological polar surface area (TPSA) is 94.4 Å². The fourth-order valence-electron chi connectivity index (χ4n) is 2.90. The highest BCUT2D eigenvalue weighted by Crippen LogP contribution is 2.41. The van der Waals surface area contributed by atoms with Gasteiger partial charge in [-0.15, -0.1) is 0 Å². The van der Waals surface area contributed by atoms with Gasteiger partial charge < -0.3 is 20.2 Å². The molecule has 3 rings (SSSR count). The number of rotatable bonds is 3. The lowest BCUT2D eigenvalue weighted by atomic mass is 9.83. The standard InChI is InChI=1S/C18H17ClN2O4/c1-3-24-18(23)15-13(10-4-6-11(19)7-5-10)14-12(25-16(15)20)8-9(2)21-17(14)22/h4-8,13H,3,20H2,1-2H3,(H,21,22). The van der Waals surface area contributed by atoms with E-state index in [-0.39, 0.29) is 23.6 Å². The molecule has 130 valence electrons. The van der Waals surface area contributed by atoms with Crippen LogP contribution >= 0.6 is 11.6 Å². The van der Waals surface area contributed by atoms with Gasteiger partial charge in [0.2, 0.25) is 5.88 Å². The molecule has 0 aliphatic carbocycles. The third kappa shape index (κ3) is 3.13. The maximum atomic E-state index is 12.6. The molecular weight excluding hydrogens is 344 g/mol. The number of hydrogen-bond donors (Lipinski definition) is 2.